The van der Waals surface area contributed by atoms with Crippen LogP contribution in [0.1, 0.15) is 19.4 Å². The molecular formula is C14H17F3N2O4S. The Bertz CT molecular complexity index is 747. The lowest BCUT2D eigenvalue weighted by Gasteiger charge is -2.24. The number of para-hydroxylation sites is 1. The van der Waals surface area contributed by atoms with Crippen molar-refractivity contribution in [3.63, 3.8) is 0 Å². The van der Waals surface area contributed by atoms with Crippen molar-refractivity contribution in [2.45, 2.75) is 31.5 Å². The fraction of sp³-hybridized carbons (Fsp3) is 0.500. The lowest BCUT2D eigenvalue weighted by molar-refractivity contribution is -0.0437. The highest BCUT2D eigenvalue weighted by Crippen LogP contribution is 2.33. The zero-order chi connectivity index (χ0) is 18.3. The molecule has 0 saturated carbocycles. The average molecular weight is 366 g/mol. The minimum atomic E-state index is -5.52. The van der Waals surface area contributed by atoms with E-state index in [1.54, 1.807) is 19.9 Å². The van der Waals surface area contributed by atoms with Crippen molar-refractivity contribution in [1.82, 2.24) is 4.90 Å². The molecular weight excluding hydrogens is 349 g/mol. The number of ether oxygens (including phenoxy) is 1. The van der Waals surface area contributed by atoms with E-state index in [0.717, 1.165) is 7.05 Å². The summed E-state index contributed by atoms with van der Waals surface area (Å²) in [5.74, 6) is 0. The predicted molar refractivity (Wildman–Crippen MR) is 80.8 cm³/mol. The van der Waals surface area contributed by atoms with Crippen LogP contribution < -0.4 is 4.31 Å². The van der Waals surface area contributed by atoms with E-state index in [2.05, 4.69) is 0 Å². The molecule has 2 rings (SSSR count). The third kappa shape index (κ3) is 3.42. The maximum atomic E-state index is 12.8. The molecule has 1 saturated heterocycles. The highest BCUT2D eigenvalue weighted by Gasteiger charge is 2.49. The Balaban J connectivity index is 2.34. The number of alkyl halides is 3. The molecule has 1 aromatic carbocycles. The number of sulfonamides is 1. The number of halogens is 3. The van der Waals surface area contributed by atoms with E-state index in [1.165, 1.54) is 23.1 Å². The van der Waals surface area contributed by atoms with E-state index in [-0.39, 0.29) is 28.6 Å². The zero-order valence-corrected chi connectivity index (χ0v) is 14.1. The molecule has 0 N–H and O–H groups in total. The number of rotatable bonds is 4. The SMILES string of the molecule is CN(c1ccccc1CN1CC(C)(C)OC1=O)S(=O)(=O)C(F)(F)F. The molecule has 0 spiro atoms. The van der Waals surface area contributed by atoms with Crippen LogP contribution in [0.3, 0.4) is 0 Å². The van der Waals surface area contributed by atoms with Gasteiger partial charge in [-0.15, -0.1) is 0 Å². The first-order valence-electron chi connectivity index (χ1n) is 6.96. The standard InChI is InChI=1S/C14H17F3N2O4S/c1-13(2)9-19(12(20)23-13)8-10-6-4-5-7-11(10)18(3)24(21,22)14(15,16)17/h4-7H,8-9H2,1-3H3. The largest absolute Gasteiger partial charge is 0.516 e. The molecule has 24 heavy (non-hydrogen) atoms. The van der Waals surface area contributed by atoms with Crippen molar-refractivity contribution in [2.75, 3.05) is 17.9 Å². The second-order valence-corrected chi connectivity index (χ2v) is 7.99. The first kappa shape index (κ1) is 18.4. The normalized spacial score (nSPS) is 17.8. The molecule has 134 valence electrons. The van der Waals surface area contributed by atoms with Crippen LogP contribution >= 0.6 is 0 Å². The Labute approximate surface area is 137 Å². The van der Waals surface area contributed by atoms with Crippen LogP contribution in [-0.4, -0.2) is 44.1 Å². The topological polar surface area (TPSA) is 66.9 Å². The number of carbonyl (C=O) groups is 1. The Morgan fingerprint density at radius 3 is 2.38 bits per heavy atom. The van der Waals surface area contributed by atoms with Crippen molar-refractivity contribution in [2.24, 2.45) is 0 Å². The van der Waals surface area contributed by atoms with Gasteiger partial charge in [0.25, 0.3) is 0 Å². The van der Waals surface area contributed by atoms with Crippen molar-refractivity contribution in [3.8, 4) is 0 Å². The summed E-state index contributed by atoms with van der Waals surface area (Å²) in [6.07, 6.45) is -0.601. The van der Waals surface area contributed by atoms with Gasteiger partial charge in [0.15, 0.2) is 0 Å². The van der Waals surface area contributed by atoms with Crippen molar-refractivity contribution >= 4 is 21.8 Å². The van der Waals surface area contributed by atoms with Crippen LogP contribution in [0.2, 0.25) is 0 Å². The number of carbonyl (C=O) groups excluding carboxylic acids is 1. The van der Waals surface area contributed by atoms with E-state index < -0.39 is 27.2 Å². The summed E-state index contributed by atoms with van der Waals surface area (Å²) in [7, 11) is -4.70. The minimum absolute atomic E-state index is 0.0594. The van der Waals surface area contributed by atoms with Gasteiger partial charge in [0.2, 0.25) is 0 Å². The highest BCUT2D eigenvalue weighted by molar-refractivity contribution is 7.93. The summed E-state index contributed by atoms with van der Waals surface area (Å²) in [6, 6.07) is 5.70. The summed E-state index contributed by atoms with van der Waals surface area (Å²) in [6.45, 7) is 3.60. The molecule has 1 aliphatic rings. The lowest BCUT2D eigenvalue weighted by Crippen LogP contribution is -2.39. The van der Waals surface area contributed by atoms with Crippen LogP contribution in [0, 0.1) is 0 Å². The van der Waals surface area contributed by atoms with E-state index in [9.17, 15) is 26.4 Å². The van der Waals surface area contributed by atoms with Gasteiger partial charge >= 0.3 is 21.6 Å². The molecule has 0 aromatic heterocycles. The molecule has 0 bridgehead atoms. The van der Waals surface area contributed by atoms with Gasteiger partial charge in [0, 0.05) is 7.05 Å². The van der Waals surface area contributed by atoms with Crippen LogP contribution in [0.25, 0.3) is 0 Å². The number of hydrogen-bond acceptors (Lipinski definition) is 4. The monoisotopic (exact) mass is 366 g/mol. The quantitative estimate of drug-likeness (QED) is 0.822. The molecule has 1 heterocycles. The highest BCUT2D eigenvalue weighted by atomic mass is 32.2. The second-order valence-electron chi connectivity index (χ2n) is 6.03. The first-order valence-corrected chi connectivity index (χ1v) is 8.40. The van der Waals surface area contributed by atoms with E-state index in [1.807, 2.05) is 0 Å². The average Bonchev–Trinajstić information content (AvgIpc) is 2.70. The molecule has 0 unspecified atom stereocenters. The van der Waals surface area contributed by atoms with Crippen molar-refractivity contribution in [1.29, 1.82) is 0 Å². The van der Waals surface area contributed by atoms with Crippen LogP contribution in [-0.2, 0) is 21.3 Å². The van der Waals surface area contributed by atoms with Crippen LogP contribution in [0.5, 0.6) is 0 Å². The molecule has 1 fully saturated rings. The lowest BCUT2D eigenvalue weighted by atomic mass is 10.1. The van der Waals surface area contributed by atoms with Gasteiger partial charge in [-0.25, -0.2) is 4.79 Å². The van der Waals surface area contributed by atoms with E-state index >= 15 is 0 Å². The van der Waals surface area contributed by atoms with Crippen molar-refractivity contribution < 1.29 is 31.1 Å². The maximum Gasteiger partial charge on any atom is 0.516 e. The minimum Gasteiger partial charge on any atom is -0.441 e. The number of cyclic esters (lactones) is 1. The number of anilines is 1. The summed E-state index contributed by atoms with van der Waals surface area (Å²) >= 11 is 0. The summed E-state index contributed by atoms with van der Waals surface area (Å²) in [4.78, 5) is 13.1. The fourth-order valence-electron chi connectivity index (χ4n) is 2.42. The molecule has 10 heteroatoms. The van der Waals surface area contributed by atoms with Gasteiger partial charge in [-0.2, -0.15) is 21.6 Å². The van der Waals surface area contributed by atoms with Gasteiger partial charge in [-0.1, -0.05) is 18.2 Å². The second kappa shape index (κ2) is 5.83. The molecule has 0 atom stereocenters. The van der Waals surface area contributed by atoms with Gasteiger partial charge in [0.05, 0.1) is 18.8 Å². The van der Waals surface area contributed by atoms with Gasteiger partial charge < -0.3 is 4.74 Å². The molecule has 1 aliphatic heterocycles. The fourth-order valence-corrected chi connectivity index (χ4v) is 3.17. The Morgan fingerprint density at radius 1 is 1.29 bits per heavy atom. The summed E-state index contributed by atoms with van der Waals surface area (Å²) in [5.41, 5.74) is -6.01. The van der Waals surface area contributed by atoms with Gasteiger partial charge in [-0.3, -0.25) is 9.21 Å². The summed E-state index contributed by atoms with van der Waals surface area (Å²) < 4.78 is 66.8. The molecule has 1 aromatic rings. The zero-order valence-electron chi connectivity index (χ0n) is 13.3. The Hall–Kier alpha value is -1.97. The van der Waals surface area contributed by atoms with Gasteiger partial charge in [-0.05, 0) is 25.5 Å². The third-order valence-corrected chi connectivity index (χ3v) is 5.04. The van der Waals surface area contributed by atoms with Crippen molar-refractivity contribution in [3.05, 3.63) is 29.8 Å². The number of hydrogen-bond donors (Lipinski definition) is 0. The number of amides is 1. The molecule has 1 amide bonds. The first-order chi connectivity index (χ1) is 10.8. The van der Waals surface area contributed by atoms with E-state index in [4.69, 9.17) is 4.74 Å². The van der Waals surface area contributed by atoms with Crippen LogP contribution in [0.4, 0.5) is 23.7 Å². The number of nitrogens with zero attached hydrogens (tertiary/aromatic N) is 2. The maximum absolute atomic E-state index is 12.8. The predicted octanol–water partition coefficient (Wildman–Crippen LogP) is 2.70. The Kier molecular flexibility index (Phi) is 4.47. The Morgan fingerprint density at radius 2 is 1.88 bits per heavy atom. The van der Waals surface area contributed by atoms with Gasteiger partial charge in [0.1, 0.15) is 5.60 Å². The molecule has 0 aliphatic carbocycles. The molecule has 0 radical (unpaired) electrons. The van der Waals surface area contributed by atoms with Crippen LogP contribution in [0.15, 0.2) is 24.3 Å². The third-order valence-electron chi connectivity index (χ3n) is 3.54. The number of benzene rings is 1. The van der Waals surface area contributed by atoms with E-state index in [0.29, 0.717) is 0 Å². The summed E-state index contributed by atoms with van der Waals surface area (Å²) in [5, 5.41) is 0. The molecule has 6 nitrogen and oxygen atoms in total. The smallest absolute Gasteiger partial charge is 0.441 e.